The van der Waals surface area contributed by atoms with Crippen LogP contribution >= 0.6 is 0 Å². The van der Waals surface area contributed by atoms with E-state index in [1.165, 1.54) is 18.2 Å². The Morgan fingerprint density at radius 2 is 1.65 bits per heavy atom. The molecule has 5 rings (SSSR count). The number of hydrogen-bond acceptors (Lipinski definition) is 3. The van der Waals surface area contributed by atoms with Crippen molar-refractivity contribution in [3.05, 3.63) is 108 Å². The second kappa shape index (κ2) is 8.51. The third-order valence-electron chi connectivity index (χ3n) is 5.71. The van der Waals surface area contributed by atoms with Crippen LogP contribution in [0.25, 0.3) is 28.0 Å². The zero-order chi connectivity index (χ0) is 23.8. The lowest BCUT2D eigenvalue weighted by Gasteiger charge is -2.11. The summed E-state index contributed by atoms with van der Waals surface area (Å²) in [7, 11) is 0. The van der Waals surface area contributed by atoms with Crippen LogP contribution in [0.1, 0.15) is 21.6 Å². The molecule has 0 atom stereocenters. The van der Waals surface area contributed by atoms with Gasteiger partial charge in [0.2, 0.25) is 0 Å². The average molecular weight is 454 g/mol. The van der Waals surface area contributed by atoms with Crippen molar-refractivity contribution in [1.82, 2.24) is 14.4 Å². The Morgan fingerprint density at radius 3 is 2.38 bits per heavy atom. The molecule has 0 aliphatic carbocycles. The van der Waals surface area contributed by atoms with Crippen LogP contribution in [0.15, 0.2) is 79.3 Å². The van der Waals surface area contributed by atoms with E-state index >= 15 is 0 Å². The summed E-state index contributed by atoms with van der Waals surface area (Å²) in [5, 5.41) is 2.90. The number of benzene rings is 2. The summed E-state index contributed by atoms with van der Waals surface area (Å²) in [4.78, 5) is 21.7. The minimum Gasteiger partial charge on any atom is -0.322 e. The van der Waals surface area contributed by atoms with Gasteiger partial charge in [-0.3, -0.25) is 14.2 Å². The molecule has 7 heteroatoms. The van der Waals surface area contributed by atoms with Crippen LogP contribution < -0.4 is 5.32 Å². The maximum absolute atomic E-state index is 14.4. The third kappa shape index (κ3) is 3.81. The number of nitrogens with one attached hydrogen (secondary N) is 1. The van der Waals surface area contributed by atoms with Crippen LogP contribution in [-0.2, 0) is 0 Å². The first-order valence-corrected chi connectivity index (χ1v) is 10.7. The standard InChI is InChI=1S/C27H20F2N4O/c1-16-8-10-19(11-9-16)32-27(34)21-13-18(14-30-17(21)2)20-5-4-12-33-24(20)15-31-26(33)25-22(28)6-3-7-23(25)29/h3-15H,1-2H3,(H,32,34). The molecule has 5 aromatic rings. The SMILES string of the molecule is Cc1ccc(NC(=O)c2cc(-c3cccn4c(-c5c(F)cccc5F)ncc34)cnc2C)cc1. The van der Waals surface area contributed by atoms with Gasteiger partial charge in [0.15, 0.2) is 0 Å². The van der Waals surface area contributed by atoms with E-state index in [-0.39, 0.29) is 17.3 Å². The van der Waals surface area contributed by atoms with Crippen molar-refractivity contribution >= 4 is 17.1 Å². The maximum atomic E-state index is 14.4. The minimum absolute atomic E-state index is 0.157. The highest BCUT2D eigenvalue weighted by Crippen LogP contribution is 2.31. The Kier molecular flexibility index (Phi) is 5.37. The van der Waals surface area contributed by atoms with Crippen molar-refractivity contribution in [1.29, 1.82) is 0 Å². The van der Waals surface area contributed by atoms with E-state index in [4.69, 9.17) is 0 Å². The van der Waals surface area contributed by atoms with Crippen LogP contribution in [0.3, 0.4) is 0 Å². The van der Waals surface area contributed by atoms with E-state index in [2.05, 4.69) is 15.3 Å². The molecule has 5 nitrogen and oxygen atoms in total. The van der Waals surface area contributed by atoms with Gasteiger partial charge >= 0.3 is 0 Å². The fraction of sp³-hybridized carbons (Fsp3) is 0.0741. The summed E-state index contributed by atoms with van der Waals surface area (Å²) in [6, 6.07) is 16.6. The van der Waals surface area contributed by atoms with Crippen molar-refractivity contribution in [2.45, 2.75) is 13.8 Å². The van der Waals surface area contributed by atoms with Gasteiger partial charge in [-0.15, -0.1) is 0 Å². The summed E-state index contributed by atoms with van der Waals surface area (Å²) in [5.74, 6) is -1.50. The third-order valence-corrected chi connectivity index (χ3v) is 5.71. The molecule has 0 aliphatic heterocycles. The molecule has 1 N–H and O–H groups in total. The lowest BCUT2D eigenvalue weighted by atomic mass is 10.0. The monoisotopic (exact) mass is 454 g/mol. The largest absolute Gasteiger partial charge is 0.322 e. The number of halogens is 2. The normalized spacial score (nSPS) is 11.1. The van der Waals surface area contributed by atoms with Crippen LogP contribution in [0.2, 0.25) is 0 Å². The molecule has 0 fully saturated rings. The number of pyridine rings is 2. The number of anilines is 1. The van der Waals surface area contributed by atoms with E-state index in [0.717, 1.165) is 11.1 Å². The number of carbonyl (C=O) groups is 1. The van der Waals surface area contributed by atoms with Crippen LogP contribution in [0.5, 0.6) is 0 Å². The highest BCUT2D eigenvalue weighted by atomic mass is 19.1. The first-order valence-electron chi connectivity index (χ1n) is 10.7. The van der Waals surface area contributed by atoms with Gasteiger partial charge in [0, 0.05) is 29.2 Å². The first kappa shape index (κ1) is 21.5. The molecule has 3 heterocycles. The smallest absolute Gasteiger partial charge is 0.257 e. The van der Waals surface area contributed by atoms with Crippen LogP contribution in [0.4, 0.5) is 14.5 Å². The Morgan fingerprint density at radius 1 is 0.912 bits per heavy atom. The molecule has 0 saturated heterocycles. The highest BCUT2D eigenvalue weighted by Gasteiger charge is 2.19. The number of aromatic nitrogens is 3. The molecular formula is C27H20F2N4O. The number of carbonyl (C=O) groups excluding carboxylic acids is 1. The van der Waals surface area contributed by atoms with Crippen molar-refractivity contribution < 1.29 is 13.6 Å². The van der Waals surface area contributed by atoms with Gasteiger partial charge in [-0.2, -0.15) is 0 Å². The Bertz CT molecular complexity index is 1520. The predicted octanol–water partition coefficient (Wildman–Crippen LogP) is 6.21. The molecular weight excluding hydrogens is 434 g/mol. The number of fused-ring (bicyclic) bond motifs is 1. The summed E-state index contributed by atoms with van der Waals surface area (Å²) < 4.78 is 30.4. The quantitative estimate of drug-likeness (QED) is 0.351. The summed E-state index contributed by atoms with van der Waals surface area (Å²) in [6.07, 6.45) is 4.92. The van der Waals surface area contributed by atoms with Gasteiger partial charge in [0.25, 0.3) is 5.91 Å². The van der Waals surface area contributed by atoms with E-state index in [1.54, 1.807) is 42.0 Å². The molecule has 3 aromatic heterocycles. The molecule has 34 heavy (non-hydrogen) atoms. The van der Waals surface area contributed by atoms with Gasteiger partial charge in [-0.05, 0) is 50.2 Å². The fourth-order valence-electron chi connectivity index (χ4n) is 3.91. The molecule has 1 amide bonds. The van der Waals surface area contributed by atoms with Gasteiger partial charge in [-0.25, -0.2) is 13.8 Å². The second-order valence-corrected chi connectivity index (χ2v) is 8.03. The second-order valence-electron chi connectivity index (χ2n) is 8.03. The van der Waals surface area contributed by atoms with E-state index in [1.807, 2.05) is 37.3 Å². The van der Waals surface area contributed by atoms with Gasteiger partial charge in [-0.1, -0.05) is 29.8 Å². The van der Waals surface area contributed by atoms with Crippen molar-refractivity contribution in [3.8, 4) is 22.5 Å². The van der Waals surface area contributed by atoms with E-state index < -0.39 is 11.6 Å². The molecule has 0 aliphatic rings. The van der Waals surface area contributed by atoms with Crippen molar-refractivity contribution in [2.75, 3.05) is 5.32 Å². The number of nitrogens with zero attached hydrogens (tertiary/aromatic N) is 3. The molecule has 168 valence electrons. The topological polar surface area (TPSA) is 59.3 Å². The molecule has 0 unspecified atom stereocenters. The Hall–Kier alpha value is -4.39. The lowest BCUT2D eigenvalue weighted by Crippen LogP contribution is -2.14. The first-order chi connectivity index (χ1) is 16.4. The molecule has 0 saturated carbocycles. The van der Waals surface area contributed by atoms with Gasteiger partial charge in [0.1, 0.15) is 17.5 Å². The highest BCUT2D eigenvalue weighted by molar-refractivity contribution is 6.05. The molecule has 0 radical (unpaired) electrons. The summed E-state index contributed by atoms with van der Waals surface area (Å²) >= 11 is 0. The number of rotatable bonds is 4. The Balaban J connectivity index is 1.56. The summed E-state index contributed by atoms with van der Waals surface area (Å²) in [5.41, 5.74) is 4.66. The van der Waals surface area contributed by atoms with E-state index in [0.29, 0.717) is 28.0 Å². The number of imidazole rings is 1. The van der Waals surface area contributed by atoms with Crippen molar-refractivity contribution in [3.63, 3.8) is 0 Å². The number of hydrogen-bond donors (Lipinski definition) is 1. The number of aryl methyl sites for hydroxylation is 2. The lowest BCUT2D eigenvalue weighted by molar-refractivity contribution is 0.102. The van der Waals surface area contributed by atoms with Gasteiger partial charge in [0.05, 0.1) is 28.5 Å². The maximum Gasteiger partial charge on any atom is 0.257 e. The minimum atomic E-state index is -0.690. The Labute approximate surface area is 194 Å². The molecule has 2 aromatic carbocycles. The number of amides is 1. The zero-order valence-corrected chi connectivity index (χ0v) is 18.5. The zero-order valence-electron chi connectivity index (χ0n) is 18.5. The van der Waals surface area contributed by atoms with Crippen molar-refractivity contribution in [2.24, 2.45) is 0 Å². The average Bonchev–Trinajstić information content (AvgIpc) is 3.25. The van der Waals surface area contributed by atoms with Crippen LogP contribution in [-0.4, -0.2) is 20.3 Å². The van der Waals surface area contributed by atoms with Crippen LogP contribution in [0, 0.1) is 25.5 Å². The fourth-order valence-corrected chi connectivity index (χ4v) is 3.91. The predicted molar refractivity (Wildman–Crippen MR) is 128 cm³/mol. The summed E-state index contributed by atoms with van der Waals surface area (Å²) in [6.45, 7) is 3.75. The van der Waals surface area contributed by atoms with E-state index in [9.17, 15) is 13.6 Å². The molecule has 0 spiro atoms. The molecule has 0 bridgehead atoms. The van der Waals surface area contributed by atoms with Gasteiger partial charge < -0.3 is 5.32 Å².